The third kappa shape index (κ3) is 8.63. The molecule has 0 aromatic heterocycles. The lowest BCUT2D eigenvalue weighted by Gasteiger charge is -2.30. The van der Waals surface area contributed by atoms with E-state index in [-0.39, 0.29) is 42.4 Å². The molecule has 9 nitrogen and oxygen atoms in total. The third-order valence-corrected chi connectivity index (χ3v) is 7.55. The van der Waals surface area contributed by atoms with Crippen LogP contribution in [-0.2, 0) is 25.9 Å². The molecule has 11 heteroatoms. The number of sulfonamides is 1. The molecule has 1 aliphatic rings. The van der Waals surface area contributed by atoms with E-state index in [9.17, 15) is 18.3 Å². The Morgan fingerprint density at radius 3 is 2.42 bits per heavy atom. The van der Waals surface area contributed by atoms with Gasteiger partial charge in [-0.05, 0) is 42.2 Å². The quantitative estimate of drug-likeness (QED) is 0.373. The first-order valence-electron chi connectivity index (χ1n) is 11.8. The summed E-state index contributed by atoms with van der Waals surface area (Å²) in [5, 5.41) is 13.9. The highest BCUT2D eigenvalue weighted by Crippen LogP contribution is 2.20. The van der Waals surface area contributed by atoms with Gasteiger partial charge in [-0.25, -0.2) is 13.2 Å². The lowest BCUT2D eigenvalue weighted by atomic mass is 10.0. The van der Waals surface area contributed by atoms with E-state index < -0.39 is 28.3 Å². The summed E-state index contributed by atoms with van der Waals surface area (Å²) in [6.45, 7) is 4.67. The van der Waals surface area contributed by atoms with Gasteiger partial charge in [0, 0.05) is 25.2 Å². The second-order valence-corrected chi connectivity index (χ2v) is 11.1. The van der Waals surface area contributed by atoms with Crippen molar-refractivity contribution in [3.63, 3.8) is 0 Å². The molecule has 36 heavy (non-hydrogen) atoms. The Hall–Kier alpha value is -2.37. The van der Waals surface area contributed by atoms with Gasteiger partial charge in [-0.3, -0.25) is 0 Å². The average Bonchev–Trinajstić information content (AvgIpc) is 3.31. The topological polar surface area (TPSA) is 131 Å². The molecule has 1 saturated heterocycles. The van der Waals surface area contributed by atoms with Crippen LogP contribution in [0.15, 0.2) is 59.5 Å². The number of aliphatic hydroxyl groups excluding tert-OH is 1. The molecule has 0 bridgehead atoms. The Balaban J connectivity index is 0.00000456. The van der Waals surface area contributed by atoms with E-state index in [2.05, 4.69) is 5.32 Å². The summed E-state index contributed by atoms with van der Waals surface area (Å²) < 4.78 is 38.7. The van der Waals surface area contributed by atoms with E-state index >= 15 is 0 Å². The van der Waals surface area contributed by atoms with Crippen molar-refractivity contribution in [3.05, 3.63) is 60.2 Å². The minimum Gasteiger partial charge on any atom is -0.444 e. The van der Waals surface area contributed by atoms with Crippen LogP contribution in [0.25, 0.3) is 0 Å². The molecule has 1 amide bonds. The first-order valence-corrected chi connectivity index (χ1v) is 13.2. The highest BCUT2D eigenvalue weighted by atomic mass is 35.5. The Bertz CT molecular complexity index is 1050. The maximum Gasteiger partial charge on any atom is 0.407 e. The van der Waals surface area contributed by atoms with Gasteiger partial charge in [0.2, 0.25) is 10.0 Å². The van der Waals surface area contributed by atoms with Crippen molar-refractivity contribution in [2.45, 2.75) is 49.8 Å². The van der Waals surface area contributed by atoms with E-state index in [0.29, 0.717) is 31.7 Å². The predicted molar refractivity (Wildman–Crippen MR) is 140 cm³/mol. The average molecular weight is 542 g/mol. The zero-order chi connectivity index (χ0) is 25.4. The number of benzene rings is 2. The van der Waals surface area contributed by atoms with E-state index in [1.54, 1.807) is 0 Å². The van der Waals surface area contributed by atoms with Crippen molar-refractivity contribution >= 4 is 34.2 Å². The van der Waals surface area contributed by atoms with Crippen LogP contribution >= 0.6 is 12.4 Å². The van der Waals surface area contributed by atoms with Crippen LogP contribution in [0, 0.1) is 5.92 Å². The number of carbonyl (C=O) groups is 1. The summed E-state index contributed by atoms with van der Waals surface area (Å²) in [7, 11) is -3.90. The van der Waals surface area contributed by atoms with Gasteiger partial charge in [0.05, 0.1) is 30.3 Å². The molecular formula is C25H36ClN3O6S. The van der Waals surface area contributed by atoms with Crippen molar-refractivity contribution in [2.24, 2.45) is 5.92 Å². The van der Waals surface area contributed by atoms with Gasteiger partial charge in [0.25, 0.3) is 0 Å². The molecule has 3 atom stereocenters. The van der Waals surface area contributed by atoms with Crippen molar-refractivity contribution in [1.29, 1.82) is 0 Å². The van der Waals surface area contributed by atoms with Gasteiger partial charge >= 0.3 is 6.09 Å². The number of nitrogen functional groups attached to an aromatic ring is 1. The van der Waals surface area contributed by atoms with Crippen molar-refractivity contribution in [1.82, 2.24) is 9.62 Å². The number of hydrogen-bond acceptors (Lipinski definition) is 7. The fraction of sp³-hybridized carbons (Fsp3) is 0.480. The molecule has 2 aromatic carbocycles. The highest BCUT2D eigenvalue weighted by Gasteiger charge is 2.32. The SMILES string of the molecule is CC(C)CN(CC(O)C(Cc1ccccc1)NC(=O)O[C@H]1CCOC1)S(=O)(=O)c1ccc(N)cc1.Cl. The van der Waals surface area contributed by atoms with Crippen LogP contribution in [0.4, 0.5) is 10.5 Å². The number of ether oxygens (including phenoxy) is 2. The number of hydrogen-bond donors (Lipinski definition) is 3. The second kappa shape index (κ2) is 13.8. The maximum absolute atomic E-state index is 13.4. The summed E-state index contributed by atoms with van der Waals surface area (Å²) in [5.74, 6) is 0.0126. The normalized spacial score (nSPS) is 17.4. The van der Waals surface area contributed by atoms with Gasteiger partial charge in [-0.15, -0.1) is 12.4 Å². The number of alkyl carbamates (subject to hydrolysis) is 1. The second-order valence-electron chi connectivity index (χ2n) is 9.18. The first-order chi connectivity index (χ1) is 16.6. The van der Waals surface area contributed by atoms with Gasteiger partial charge in [-0.2, -0.15) is 4.31 Å². The fourth-order valence-electron chi connectivity index (χ4n) is 3.90. The van der Waals surface area contributed by atoms with Crippen LogP contribution in [-0.4, -0.2) is 68.5 Å². The molecule has 2 unspecified atom stereocenters. The zero-order valence-electron chi connectivity index (χ0n) is 20.6. The van der Waals surface area contributed by atoms with Crippen molar-refractivity contribution < 1.29 is 27.8 Å². The van der Waals surface area contributed by atoms with Gasteiger partial charge in [-0.1, -0.05) is 44.2 Å². The van der Waals surface area contributed by atoms with Crippen LogP contribution < -0.4 is 11.1 Å². The number of halogens is 1. The third-order valence-electron chi connectivity index (χ3n) is 5.71. The van der Waals surface area contributed by atoms with E-state index in [1.807, 2.05) is 44.2 Å². The number of amides is 1. The molecule has 2 aromatic rings. The number of aliphatic hydroxyl groups is 1. The van der Waals surface area contributed by atoms with Gasteiger partial charge in [0.15, 0.2) is 0 Å². The molecule has 1 aliphatic heterocycles. The monoisotopic (exact) mass is 541 g/mol. The Kier molecular flexibility index (Phi) is 11.4. The minimum absolute atomic E-state index is 0. The smallest absolute Gasteiger partial charge is 0.407 e. The molecule has 4 N–H and O–H groups in total. The van der Waals surface area contributed by atoms with Crippen LogP contribution in [0.1, 0.15) is 25.8 Å². The van der Waals surface area contributed by atoms with Crippen molar-refractivity contribution in [2.75, 3.05) is 32.0 Å². The van der Waals surface area contributed by atoms with E-state index in [4.69, 9.17) is 15.2 Å². The minimum atomic E-state index is -3.90. The Morgan fingerprint density at radius 2 is 1.83 bits per heavy atom. The number of carbonyl (C=O) groups excluding carboxylic acids is 1. The summed E-state index contributed by atoms with van der Waals surface area (Å²) >= 11 is 0. The molecule has 1 fully saturated rings. The first kappa shape index (κ1) is 29.9. The predicted octanol–water partition coefficient (Wildman–Crippen LogP) is 2.82. The molecule has 0 spiro atoms. The molecule has 0 radical (unpaired) electrons. The fourth-order valence-corrected chi connectivity index (χ4v) is 5.52. The number of anilines is 1. The molecule has 0 saturated carbocycles. The molecular weight excluding hydrogens is 506 g/mol. The number of rotatable bonds is 11. The molecule has 3 rings (SSSR count). The van der Waals surface area contributed by atoms with Crippen LogP contribution in [0.5, 0.6) is 0 Å². The Morgan fingerprint density at radius 1 is 1.17 bits per heavy atom. The van der Waals surface area contributed by atoms with Gasteiger partial charge < -0.3 is 25.6 Å². The summed E-state index contributed by atoms with van der Waals surface area (Å²) in [6.07, 6.45) is -1.29. The number of nitrogens with zero attached hydrogens (tertiary/aromatic N) is 1. The van der Waals surface area contributed by atoms with Crippen LogP contribution in [0.3, 0.4) is 0 Å². The highest BCUT2D eigenvalue weighted by molar-refractivity contribution is 7.89. The molecule has 200 valence electrons. The summed E-state index contributed by atoms with van der Waals surface area (Å²) in [4.78, 5) is 12.7. The lowest BCUT2D eigenvalue weighted by Crippen LogP contribution is -2.51. The maximum atomic E-state index is 13.4. The zero-order valence-corrected chi connectivity index (χ0v) is 22.2. The number of nitrogens with one attached hydrogen (secondary N) is 1. The Labute approximate surface area is 219 Å². The van der Waals surface area contributed by atoms with Gasteiger partial charge in [0.1, 0.15) is 6.10 Å². The molecule has 0 aliphatic carbocycles. The largest absolute Gasteiger partial charge is 0.444 e. The lowest BCUT2D eigenvalue weighted by molar-refractivity contribution is 0.0644. The van der Waals surface area contributed by atoms with E-state index in [0.717, 1.165) is 5.56 Å². The standard InChI is InChI=1S/C25H35N3O6S.ClH/c1-18(2)15-28(35(31,32)22-10-8-20(26)9-11-22)16-24(29)23(14-19-6-4-3-5-7-19)27-25(30)34-21-12-13-33-17-21;/h3-11,18,21,23-24,29H,12-17,26H2,1-2H3,(H,27,30);1H/t21-,23?,24?;/m0./s1. The van der Waals surface area contributed by atoms with Crippen molar-refractivity contribution in [3.8, 4) is 0 Å². The molecule has 1 heterocycles. The summed E-state index contributed by atoms with van der Waals surface area (Å²) in [5.41, 5.74) is 7.06. The van der Waals surface area contributed by atoms with Crippen LogP contribution in [0.2, 0.25) is 0 Å². The number of nitrogens with two attached hydrogens (primary N) is 1. The van der Waals surface area contributed by atoms with E-state index in [1.165, 1.54) is 28.6 Å². The summed E-state index contributed by atoms with van der Waals surface area (Å²) in [6, 6.07) is 14.6.